The Balaban J connectivity index is 1.57. The minimum absolute atomic E-state index is 0.314. The van der Waals surface area contributed by atoms with Crippen LogP contribution < -0.4 is 10.3 Å². The van der Waals surface area contributed by atoms with Crippen LogP contribution in [-0.2, 0) is 0 Å². The largest absolute Gasteiger partial charge is 0.372 e. The van der Waals surface area contributed by atoms with Crippen molar-refractivity contribution in [3.63, 3.8) is 0 Å². The summed E-state index contributed by atoms with van der Waals surface area (Å²) in [6.45, 7) is 2.27. The minimum atomic E-state index is -0.314. The van der Waals surface area contributed by atoms with E-state index in [1.165, 1.54) is 18.5 Å². The van der Waals surface area contributed by atoms with E-state index in [2.05, 4.69) is 32.5 Å². The Morgan fingerprint density at radius 2 is 1.91 bits per heavy atom. The third-order valence-corrected chi connectivity index (χ3v) is 3.64. The number of pyridine rings is 1. The van der Waals surface area contributed by atoms with Gasteiger partial charge in [-0.2, -0.15) is 5.10 Å². The Bertz CT molecular complexity index is 646. The molecule has 2 heterocycles. The summed E-state index contributed by atoms with van der Waals surface area (Å²) in [6.07, 6.45) is 5.75. The van der Waals surface area contributed by atoms with Crippen LogP contribution >= 0.6 is 0 Å². The van der Waals surface area contributed by atoms with Gasteiger partial charge in [0.05, 0.1) is 6.21 Å². The van der Waals surface area contributed by atoms with Crippen molar-refractivity contribution in [1.29, 1.82) is 0 Å². The summed E-state index contributed by atoms with van der Waals surface area (Å²) in [5.41, 5.74) is 5.02. The second-order valence-electron chi connectivity index (χ2n) is 5.20. The van der Waals surface area contributed by atoms with Gasteiger partial charge in [-0.05, 0) is 42.7 Å². The molecule has 0 saturated carbocycles. The number of hydrogen-bond acceptors (Lipinski definition) is 4. The summed E-state index contributed by atoms with van der Waals surface area (Å²) in [6, 6.07) is 13.4. The average Bonchev–Trinajstić information content (AvgIpc) is 3.11. The Hall–Kier alpha value is -2.69. The molecular formula is C17H18N4O. The van der Waals surface area contributed by atoms with E-state index in [9.17, 15) is 4.79 Å². The van der Waals surface area contributed by atoms with Crippen molar-refractivity contribution in [1.82, 2.24) is 10.4 Å². The highest BCUT2D eigenvalue weighted by atomic mass is 16.2. The molecule has 0 unspecified atom stereocenters. The lowest BCUT2D eigenvalue weighted by Crippen LogP contribution is -2.18. The van der Waals surface area contributed by atoms with E-state index in [0.29, 0.717) is 5.69 Å². The van der Waals surface area contributed by atoms with Gasteiger partial charge in [-0.15, -0.1) is 0 Å². The fraction of sp³-hybridized carbons (Fsp3) is 0.235. The molecule has 112 valence electrons. The predicted molar refractivity (Wildman–Crippen MR) is 87.2 cm³/mol. The third kappa shape index (κ3) is 3.49. The van der Waals surface area contributed by atoms with E-state index >= 15 is 0 Å². The maximum absolute atomic E-state index is 11.8. The number of hydrazone groups is 1. The molecule has 0 spiro atoms. The SMILES string of the molecule is O=C(N/N=C\c1ccc(N2CCCC2)cc1)c1ccccn1. The molecule has 5 nitrogen and oxygen atoms in total. The zero-order valence-electron chi connectivity index (χ0n) is 12.3. The minimum Gasteiger partial charge on any atom is -0.372 e. The van der Waals surface area contributed by atoms with E-state index in [4.69, 9.17) is 0 Å². The normalized spacial score (nSPS) is 14.5. The van der Waals surface area contributed by atoms with E-state index < -0.39 is 0 Å². The van der Waals surface area contributed by atoms with E-state index in [1.807, 2.05) is 12.1 Å². The molecule has 1 fully saturated rings. The molecule has 1 saturated heterocycles. The van der Waals surface area contributed by atoms with Crippen LogP contribution in [-0.4, -0.2) is 30.2 Å². The second kappa shape index (κ2) is 6.85. The van der Waals surface area contributed by atoms with Crippen LogP contribution in [0.3, 0.4) is 0 Å². The monoisotopic (exact) mass is 294 g/mol. The third-order valence-electron chi connectivity index (χ3n) is 3.64. The fourth-order valence-corrected chi connectivity index (χ4v) is 2.47. The molecule has 0 radical (unpaired) electrons. The Kier molecular flexibility index (Phi) is 4.44. The number of hydrogen-bond donors (Lipinski definition) is 1. The Morgan fingerprint density at radius 1 is 1.14 bits per heavy atom. The lowest BCUT2D eigenvalue weighted by atomic mass is 10.2. The lowest BCUT2D eigenvalue weighted by molar-refractivity contribution is 0.0950. The van der Waals surface area contributed by atoms with Crippen LogP contribution in [0.15, 0.2) is 53.8 Å². The van der Waals surface area contributed by atoms with E-state index in [0.717, 1.165) is 18.7 Å². The van der Waals surface area contributed by atoms with Gasteiger partial charge in [0, 0.05) is 25.0 Å². The van der Waals surface area contributed by atoms with Crippen LogP contribution in [0.5, 0.6) is 0 Å². The van der Waals surface area contributed by atoms with Crippen LogP contribution in [0, 0.1) is 0 Å². The summed E-state index contributed by atoms with van der Waals surface area (Å²) in [7, 11) is 0. The summed E-state index contributed by atoms with van der Waals surface area (Å²) >= 11 is 0. The highest BCUT2D eigenvalue weighted by molar-refractivity contribution is 5.93. The second-order valence-corrected chi connectivity index (χ2v) is 5.20. The molecule has 5 heteroatoms. The van der Waals surface area contributed by atoms with Gasteiger partial charge < -0.3 is 4.90 Å². The first kappa shape index (κ1) is 14.3. The molecule has 2 aromatic rings. The van der Waals surface area contributed by atoms with Gasteiger partial charge in [-0.1, -0.05) is 18.2 Å². The van der Waals surface area contributed by atoms with Crippen molar-refractivity contribution < 1.29 is 4.79 Å². The standard InChI is InChI=1S/C17H18N4O/c22-17(16-5-1-2-10-18-16)20-19-13-14-6-8-15(9-7-14)21-11-3-4-12-21/h1-2,5-10,13H,3-4,11-12H2,(H,20,22)/b19-13-. The van der Waals surface area contributed by atoms with Crippen LogP contribution in [0.4, 0.5) is 5.69 Å². The molecule has 1 aliphatic rings. The fourth-order valence-electron chi connectivity index (χ4n) is 2.47. The number of carbonyl (C=O) groups excluding carboxylic acids is 1. The van der Waals surface area contributed by atoms with Crippen molar-refractivity contribution in [2.45, 2.75) is 12.8 Å². The first-order valence-corrected chi connectivity index (χ1v) is 7.42. The number of rotatable bonds is 4. The van der Waals surface area contributed by atoms with Crippen LogP contribution in [0.2, 0.25) is 0 Å². The summed E-state index contributed by atoms with van der Waals surface area (Å²) in [5.74, 6) is -0.314. The van der Waals surface area contributed by atoms with Crippen molar-refractivity contribution in [2.24, 2.45) is 5.10 Å². The maximum atomic E-state index is 11.8. The molecule has 1 aromatic heterocycles. The molecule has 1 amide bonds. The van der Waals surface area contributed by atoms with Crippen molar-refractivity contribution in [2.75, 3.05) is 18.0 Å². The number of nitrogens with zero attached hydrogens (tertiary/aromatic N) is 3. The van der Waals surface area contributed by atoms with Gasteiger partial charge >= 0.3 is 0 Å². The average molecular weight is 294 g/mol. The molecule has 0 atom stereocenters. The molecule has 1 aliphatic heterocycles. The number of aromatic nitrogens is 1. The van der Waals surface area contributed by atoms with E-state index in [-0.39, 0.29) is 5.91 Å². The highest BCUT2D eigenvalue weighted by Crippen LogP contribution is 2.19. The van der Waals surface area contributed by atoms with Gasteiger partial charge in [0.25, 0.3) is 5.91 Å². The van der Waals surface area contributed by atoms with Crippen molar-refractivity contribution >= 4 is 17.8 Å². The lowest BCUT2D eigenvalue weighted by Gasteiger charge is -2.17. The number of amides is 1. The summed E-state index contributed by atoms with van der Waals surface area (Å²) < 4.78 is 0. The molecule has 0 bridgehead atoms. The summed E-state index contributed by atoms with van der Waals surface area (Å²) in [5, 5.41) is 3.97. The molecule has 0 aliphatic carbocycles. The Morgan fingerprint density at radius 3 is 2.59 bits per heavy atom. The molecule has 3 rings (SSSR count). The highest BCUT2D eigenvalue weighted by Gasteiger charge is 2.11. The molecular weight excluding hydrogens is 276 g/mol. The zero-order valence-corrected chi connectivity index (χ0v) is 12.3. The quantitative estimate of drug-likeness (QED) is 0.696. The Labute approximate surface area is 129 Å². The van der Waals surface area contributed by atoms with Gasteiger partial charge in [-0.3, -0.25) is 9.78 Å². The predicted octanol–water partition coefficient (Wildman–Crippen LogP) is 2.45. The van der Waals surface area contributed by atoms with Crippen molar-refractivity contribution in [3.8, 4) is 0 Å². The summed E-state index contributed by atoms with van der Waals surface area (Å²) in [4.78, 5) is 18.1. The molecule has 1 N–H and O–H groups in total. The van der Waals surface area contributed by atoms with Crippen LogP contribution in [0.1, 0.15) is 28.9 Å². The van der Waals surface area contributed by atoms with Gasteiger partial charge in [0.2, 0.25) is 0 Å². The smallest absolute Gasteiger partial charge is 0.289 e. The van der Waals surface area contributed by atoms with Gasteiger partial charge in [0.15, 0.2) is 0 Å². The number of carbonyl (C=O) groups is 1. The van der Waals surface area contributed by atoms with Gasteiger partial charge in [-0.25, -0.2) is 5.43 Å². The first-order valence-electron chi connectivity index (χ1n) is 7.42. The maximum Gasteiger partial charge on any atom is 0.289 e. The van der Waals surface area contributed by atoms with E-state index in [1.54, 1.807) is 30.6 Å². The van der Waals surface area contributed by atoms with Gasteiger partial charge in [0.1, 0.15) is 5.69 Å². The number of nitrogens with one attached hydrogen (secondary N) is 1. The van der Waals surface area contributed by atoms with Crippen LogP contribution in [0.25, 0.3) is 0 Å². The molecule has 1 aromatic carbocycles. The number of benzene rings is 1. The van der Waals surface area contributed by atoms with Crippen molar-refractivity contribution in [3.05, 3.63) is 59.9 Å². The topological polar surface area (TPSA) is 57.6 Å². The zero-order chi connectivity index (χ0) is 15.2. The molecule has 22 heavy (non-hydrogen) atoms. The first-order chi connectivity index (χ1) is 10.8. The number of anilines is 1.